The van der Waals surface area contributed by atoms with Crippen LogP contribution in [0.15, 0.2) is 24.3 Å². The van der Waals surface area contributed by atoms with Crippen LogP contribution in [-0.2, 0) is 10.2 Å². The minimum atomic E-state index is 0.157. The Morgan fingerprint density at radius 1 is 1.10 bits per heavy atom. The van der Waals surface area contributed by atoms with Gasteiger partial charge in [-0.3, -0.25) is 4.79 Å². The van der Waals surface area contributed by atoms with Crippen LogP contribution in [0.4, 0.5) is 5.69 Å². The molecule has 1 aliphatic rings. The Labute approximate surface area is 123 Å². The van der Waals surface area contributed by atoms with Crippen molar-refractivity contribution in [1.29, 1.82) is 0 Å². The second kappa shape index (κ2) is 6.43. The van der Waals surface area contributed by atoms with Gasteiger partial charge in [-0.1, -0.05) is 52.2 Å². The Balaban J connectivity index is 1.87. The molecule has 1 amide bonds. The van der Waals surface area contributed by atoms with Crippen LogP contribution in [0.1, 0.15) is 64.9 Å². The lowest BCUT2D eigenvalue weighted by Gasteiger charge is -2.21. The molecule has 20 heavy (non-hydrogen) atoms. The lowest BCUT2D eigenvalue weighted by atomic mass is 9.86. The first-order chi connectivity index (χ1) is 9.45. The highest BCUT2D eigenvalue weighted by Crippen LogP contribution is 2.27. The molecule has 1 N–H and O–H groups in total. The SMILES string of the molecule is CC(C)(C)c1ccc(NC(=O)CC2CCCCC2)cc1. The smallest absolute Gasteiger partial charge is 0.224 e. The van der Waals surface area contributed by atoms with Gasteiger partial charge in [0.05, 0.1) is 0 Å². The molecule has 0 saturated heterocycles. The molecule has 2 rings (SSSR count). The molecule has 110 valence electrons. The maximum Gasteiger partial charge on any atom is 0.224 e. The van der Waals surface area contributed by atoms with E-state index in [2.05, 4.69) is 38.2 Å². The number of carbonyl (C=O) groups excluding carboxylic acids is 1. The molecule has 0 unspecified atom stereocenters. The van der Waals surface area contributed by atoms with E-state index in [0.29, 0.717) is 12.3 Å². The second-order valence-corrected chi connectivity index (χ2v) is 7.08. The molecule has 2 heteroatoms. The van der Waals surface area contributed by atoms with Crippen molar-refractivity contribution >= 4 is 11.6 Å². The normalized spacial score (nSPS) is 16.9. The Morgan fingerprint density at radius 3 is 2.25 bits per heavy atom. The van der Waals surface area contributed by atoms with Crippen molar-refractivity contribution in [3.05, 3.63) is 29.8 Å². The molecule has 1 aliphatic carbocycles. The third kappa shape index (κ3) is 4.36. The fourth-order valence-corrected chi connectivity index (χ4v) is 2.92. The van der Waals surface area contributed by atoms with E-state index in [0.717, 1.165) is 5.69 Å². The Bertz CT molecular complexity index is 435. The number of benzene rings is 1. The van der Waals surface area contributed by atoms with Gasteiger partial charge in [0.15, 0.2) is 0 Å². The highest BCUT2D eigenvalue weighted by molar-refractivity contribution is 5.90. The van der Waals surface area contributed by atoms with Crippen LogP contribution in [0.2, 0.25) is 0 Å². The molecular formula is C18H27NO. The van der Waals surface area contributed by atoms with Crippen molar-refractivity contribution in [2.75, 3.05) is 5.32 Å². The molecule has 1 fully saturated rings. The minimum absolute atomic E-state index is 0.157. The topological polar surface area (TPSA) is 29.1 Å². The second-order valence-electron chi connectivity index (χ2n) is 7.08. The van der Waals surface area contributed by atoms with E-state index < -0.39 is 0 Å². The number of hydrogen-bond donors (Lipinski definition) is 1. The van der Waals surface area contributed by atoms with E-state index in [1.54, 1.807) is 0 Å². The van der Waals surface area contributed by atoms with Crippen molar-refractivity contribution in [2.24, 2.45) is 5.92 Å². The van der Waals surface area contributed by atoms with Gasteiger partial charge in [-0.2, -0.15) is 0 Å². The average Bonchev–Trinajstić information content (AvgIpc) is 2.39. The molecule has 0 heterocycles. The summed E-state index contributed by atoms with van der Waals surface area (Å²) >= 11 is 0. The van der Waals surface area contributed by atoms with Gasteiger partial charge < -0.3 is 5.32 Å². The van der Waals surface area contributed by atoms with Crippen molar-refractivity contribution in [3.8, 4) is 0 Å². The number of rotatable bonds is 3. The number of carbonyl (C=O) groups is 1. The Kier molecular flexibility index (Phi) is 4.85. The third-order valence-corrected chi connectivity index (χ3v) is 4.23. The summed E-state index contributed by atoms with van der Waals surface area (Å²) in [6.07, 6.45) is 7.04. The van der Waals surface area contributed by atoms with E-state index in [1.807, 2.05) is 12.1 Å². The van der Waals surface area contributed by atoms with Crippen molar-refractivity contribution < 1.29 is 4.79 Å². The summed E-state index contributed by atoms with van der Waals surface area (Å²) in [7, 11) is 0. The molecule has 0 radical (unpaired) electrons. The van der Waals surface area contributed by atoms with E-state index >= 15 is 0 Å². The monoisotopic (exact) mass is 273 g/mol. The Morgan fingerprint density at radius 2 is 1.70 bits per heavy atom. The van der Waals surface area contributed by atoms with Crippen LogP contribution in [-0.4, -0.2) is 5.91 Å². The molecule has 1 aromatic rings. The molecule has 0 aliphatic heterocycles. The zero-order valence-electron chi connectivity index (χ0n) is 13.0. The van der Waals surface area contributed by atoms with Gasteiger partial charge >= 0.3 is 0 Å². The van der Waals surface area contributed by atoms with E-state index in [1.165, 1.54) is 37.7 Å². The lowest BCUT2D eigenvalue weighted by molar-refractivity contribution is -0.117. The van der Waals surface area contributed by atoms with Gasteiger partial charge in [-0.05, 0) is 41.9 Å². The van der Waals surface area contributed by atoms with Crippen LogP contribution in [0.3, 0.4) is 0 Å². The summed E-state index contributed by atoms with van der Waals surface area (Å²) in [5.74, 6) is 0.762. The highest BCUT2D eigenvalue weighted by atomic mass is 16.1. The largest absolute Gasteiger partial charge is 0.326 e. The molecule has 1 aromatic carbocycles. The van der Waals surface area contributed by atoms with Gasteiger partial charge in [-0.15, -0.1) is 0 Å². The summed E-state index contributed by atoms with van der Waals surface area (Å²) < 4.78 is 0. The quantitative estimate of drug-likeness (QED) is 0.834. The zero-order chi connectivity index (χ0) is 14.6. The van der Waals surface area contributed by atoms with E-state index in [4.69, 9.17) is 0 Å². The molecule has 0 aromatic heterocycles. The van der Waals surface area contributed by atoms with Gasteiger partial charge in [0.25, 0.3) is 0 Å². The van der Waals surface area contributed by atoms with Crippen LogP contribution < -0.4 is 5.32 Å². The standard InChI is InChI=1S/C18H27NO/c1-18(2,3)15-9-11-16(12-10-15)19-17(20)13-14-7-5-4-6-8-14/h9-12,14H,4-8,13H2,1-3H3,(H,19,20). The number of amides is 1. The first-order valence-electron chi connectivity index (χ1n) is 7.85. The molecule has 0 spiro atoms. The van der Waals surface area contributed by atoms with Crippen LogP contribution in [0.25, 0.3) is 0 Å². The summed E-state index contributed by atoms with van der Waals surface area (Å²) in [4.78, 5) is 12.1. The summed E-state index contributed by atoms with van der Waals surface area (Å²) in [5, 5.41) is 3.03. The number of nitrogens with one attached hydrogen (secondary N) is 1. The van der Waals surface area contributed by atoms with Crippen LogP contribution in [0.5, 0.6) is 0 Å². The van der Waals surface area contributed by atoms with Crippen molar-refractivity contribution in [1.82, 2.24) is 0 Å². The zero-order valence-corrected chi connectivity index (χ0v) is 13.0. The first kappa shape index (κ1) is 15.1. The van der Waals surface area contributed by atoms with Gasteiger partial charge in [-0.25, -0.2) is 0 Å². The summed E-state index contributed by atoms with van der Waals surface area (Å²) in [6.45, 7) is 6.59. The minimum Gasteiger partial charge on any atom is -0.326 e. The molecule has 0 atom stereocenters. The van der Waals surface area contributed by atoms with E-state index in [-0.39, 0.29) is 11.3 Å². The molecule has 2 nitrogen and oxygen atoms in total. The maximum absolute atomic E-state index is 12.1. The number of hydrogen-bond acceptors (Lipinski definition) is 1. The van der Waals surface area contributed by atoms with Crippen molar-refractivity contribution in [3.63, 3.8) is 0 Å². The Hall–Kier alpha value is -1.31. The molecule has 0 bridgehead atoms. The third-order valence-electron chi connectivity index (χ3n) is 4.23. The first-order valence-corrected chi connectivity index (χ1v) is 7.85. The van der Waals surface area contributed by atoms with Crippen LogP contribution >= 0.6 is 0 Å². The highest BCUT2D eigenvalue weighted by Gasteiger charge is 2.17. The lowest BCUT2D eigenvalue weighted by Crippen LogP contribution is -2.18. The van der Waals surface area contributed by atoms with Crippen LogP contribution in [0, 0.1) is 5.92 Å². The summed E-state index contributed by atoms with van der Waals surface area (Å²) in [6, 6.07) is 8.24. The summed E-state index contributed by atoms with van der Waals surface area (Å²) in [5.41, 5.74) is 2.37. The van der Waals surface area contributed by atoms with Gasteiger partial charge in [0.1, 0.15) is 0 Å². The van der Waals surface area contributed by atoms with Gasteiger partial charge in [0, 0.05) is 12.1 Å². The van der Waals surface area contributed by atoms with E-state index in [9.17, 15) is 4.79 Å². The molecular weight excluding hydrogens is 246 g/mol. The van der Waals surface area contributed by atoms with Gasteiger partial charge in [0.2, 0.25) is 5.91 Å². The molecule has 1 saturated carbocycles. The average molecular weight is 273 g/mol. The predicted molar refractivity (Wildman–Crippen MR) is 85.0 cm³/mol. The fraction of sp³-hybridized carbons (Fsp3) is 0.611. The number of anilines is 1. The van der Waals surface area contributed by atoms with Crippen molar-refractivity contribution in [2.45, 2.75) is 64.7 Å². The fourth-order valence-electron chi connectivity index (χ4n) is 2.92. The maximum atomic E-state index is 12.1. The predicted octanol–water partition coefficient (Wildman–Crippen LogP) is 4.89.